The smallest absolute Gasteiger partial charge is 0.255 e. The minimum atomic E-state index is 0. The minimum Gasteiger partial charge on any atom is -1.00 e. The van der Waals surface area contributed by atoms with Gasteiger partial charge in [0.05, 0.1) is 11.0 Å². The second-order valence-electron chi connectivity index (χ2n) is 9.79. The molecule has 0 aliphatic carbocycles. The Hall–Kier alpha value is -3.56. The van der Waals surface area contributed by atoms with Gasteiger partial charge in [-0.15, -0.1) is 0 Å². The number of halogens is 1. The van der Waals surface area contributed by atoms with Gasteiger partial charge >= 0.3 is 0 Å². The molecule has 0 fully saturated rings. The fraction of sp³-hybridized carbons (Fsp3) is 0.194. The molecule has 4 heteroatoms. The number of rotatable bonds is 4. The molecule has 0 saturated carbocycles. The summed E-state index contributed by atoms with van der Waals surface area (Å²) in [6.45, 7) is 9.12. The molecule has 0 atom stereocenters. The van der Waals surface area contributed by atoms with Gasteiger partial charge in [0.1, 0.15) is 11.9 Å². The van der Waals surface area contributed by atoms with Crippen molar-refractivity contribution in [3.63, 3.8) is 0 Å². The predicted molar refractivity (Wildman–Crippen MR) is 141 cm³/mol. The number of fused-ring (bicyclic) bond motifs is 4. The van der Waals surface area contributed by atoms with Gasteiger partial charge in [0, 0.05) is 28.0 Å². The van der Waals surface area contributed by atoms with Gasteiger partial charge in [-0.2, -0.15) is 4.40 Å². The summed E-state index contributed by atoms with van der Waals surface area (Å²) in [4.78, 5) is 0. The van der Waals surface area contributed by atoms with Gasteiger partial charge in [-0.05, 0) is 30.0 Å². The monoisotopic (exact) mass is 479 g/mol. The number of imidazole rings is 1. The first kappa shape index (κ1) is 23.2. The van der Waals surface area contributed by atoms with E-state index in [1.807, 2.05) is 0 Å². The lowest BCUT2D eigenvalue weighted by molar-refractivity contribution is -0.595. The lowest BCUT2D eigenvalue weighted by Gasteiger charge is -2.16. The summed E-state index contributed by atoms with van der Waals surface area (Å²) in [6.07, 6.45) is 4.52. The van der Waals surface area contributed by atoms with Crippen LogP contribution in [0.3, 0.4) is 0 Å². The minimum absolute atomic E-state index is 0. The van der Waals surface area contributed by atoms with Gasteiger partial charge in [-0.1, -0.05) is 88.4 Å². The molecule has 0 unspecified atom stereocenters. The van der Waals surface area contributed by atoms with Crippen LogP contribution in [0.1, 0.15) is 50.7 Å². The molecule has 3 aromatic heterocycles. The Kier molecular flexibility index (Phi) is 5.90. The van der Waals surface area contributed by atoms with E-state index >= 15 is 0 Å². The van der Waals surface area contributed by atoms with Crippen molar-refractivity contribution in [3.8, 4) is 11.5 Å². The SMILES string of the molecule is CC(C)c1cccc(C(C)C)c1-[n+]1cc2cccc(-n3c4ccccc4c4ccccc43)n2c1.[Cl-]. The Morgan fingerprint density at radius 2 is 1.17 bits per heavy atom. The van der Waals surface area contributed by atoms with Crippen molar-refractivity contribution in [1.29, 1.82) is 0 Å². The Balaban J connectivity index is 0.00000253. The third-order valence-corrected chi connectivity index (χ3v) is 6.96. The van der Waals surface area contributed by atoms with Crippen LogP contribution in [-0.2, 0) is 0 Å². The molecule has 3 aromatic carbocycles. The van der Waals surface area contributed by atoms with Crippen molar-refractivity contribution in [2.24, 2.45) is 0 Å². The Labute approximate surface area is 212 Å². The van der Waals surface area contributed by atoms with E-state index in [4.69, 9.17) is 0 Å². The molecule has 35 heavy (non-hydrogen) atoms. The fourth-order valence-electron chi connectivity index (χ4n) is 5.34. The first-order valence-corrected chi connectivity index (χ1v) is 12.2. The van der Waals surface area contributed by atoms with E-state index in [-0.39, 0.29) is 12.4 Å². The first-order chi connectivity index (χ1) is 16.5. The van der Waals surface area contributed by atoms with Gasteiger partial charge in [-0.25, -0.2) is 4.57 Å². The molecule has 0 aliphatic heterocycles. The lowest BCUT2D eigenvalue weighted by Crippen LogP contribution is -3.00. The van der Waals surface area contributed by atoms with Crippen LogP contribution in [0.5, 0.6) is 0 Å². The van der Waals surface area contributed by atoms with Gasteiger partial charge < -0.3 is 12.4 Å². The Morgan fingerprint density at radius 3 is 1.74 bits per heavy atom. The summed E-state index contributed by atoms with van der Waals surface area (Å²) < 4.78 is 7.04. The van der Waals surface area contributed by atoms with Crippen LogP contribution >= 0.6 is 0 Å². The van der Waals surface area contributed by atoms with Crippen LogP contribution in [0.4, 0.5) is 0 Å². The third-order valence-electron chi connectivity index (χ3n) is 6.96. The summed E-state index contributed by atoms with van der Waals surface area (Å²) in [5.74, 6) is 2.03. The van der Waals surface area contributed by atoms with Crippen molar-refractivity contribution in [1.82, 2.24) is 8.97 Å². The van der Waals surface area contributed by atoms with E-state index in [0.29, 0.717) is 11.8 Å². The molecule has 0 spiro atoms. The standard InChI is InChI=1S/C31H30N3.ClH/c1-21(2)24-14-10-15-25(22(3)4)31(24)32-19-23-11-9-18-30(33(23)20-32)34-28-16-7-5-12-26(28)27-13-6-8-17-29(27)34;/h5-22H,1-4H3;1H/q+1;/p-1. The topological polar surface area (TPSA) is 13.2 Å². The Bertz CT molecular complexity index is 1590. The molecule has 3 nitrogen and oxygen atoms in total. The highest BCUT2D eigenvalue weighted by Gasteiger charge is 2.23. The first-order valence-electron chi connectivity index (χ1n) is 12.2. The molecule has 0 saturated heterocycles. The van der Waals surface area contributed by atoms with Crippen molar-refractivity contribution in [2.45, 2.75) is 39.5 Å². The van der Waals surface area contributed by atoms with Crippen LogP contribution < -0.4 is 17.0 Å². The van der Waals surface area contributed by atoms with Crippen molar-refractivity contribution in [3.05, 3.63) is 109 Å². The molecule has 0 aliphatic rings. The number of nitrogens with zero attached hydrogens (tertiary/aromatic N) is 3. The molecule has 6 aromatic rings. The maximum absolute atomic E-state index is 2.39. The molecule has 0 bridgehead atoms. The number of pyridine rings is 1. The zero-order chi connectivity index (χ0) is 23.4. The number of aromatic nitrogens is 3. The summed E-state index contributed by atoms with van der Waals surface area (Å²) >= 11 is 0. The largest absolute Gasteiger partial charge is 1.00 e. The molecule has 176 valence electrons. The number of benzene rings is 3. The molecule has 3 heterocycles. The summed E-state index contributed by atoms with van der Waals surface area (Å²) in [5.41, 5.74) is 7.69. The molecule has 0 radical (unpaired) electrons. The second-order valence-corrected chi connectivity index (χ2v) is 9.79. The third kappa shape index (κ3) is 3.62. The quantitative estimate of drug-likeness (QED) is 0.329. The predicted octanol–water partition coefficient (Wildman–Crippen LogP) is 4.56. The highest BCUT2D eigenvalue weighted by Crippen LogP contribution is 2.32. The molecular formula is C31H30ClN3. The average molecular weight is 480 g/mol. The summed E-state index contributed by atoms with van der Waals surface area (Å²) in [7, 11) is 0. The van der Waals surface area contributed by atoms with Crippen LogP contribution in [-0.4, -0.2) is 8.97 Å². The van der Waals surface area contributed by atoms with E-state index in [1.165, 1.54) is 44.1 Å². The van der Waals surface area contributed by atoms with Crippen molar-refractivity contribution in [2.75, 3.05) is 0 Å². The molecular weight excluding hydrogens is 450 g/mol. The molecule has 0 amide bonds. The Morgan fingerprint density at radius 1 is 0.629 bits per heavy atom. The lowest BCUT2D eigenvalue weighted by atomic mass is 9.92. The highest BCUT2D eigenvalue weighted by molar-refractivity contribution is 6.09. The maximum atomic E-state index is 2.39. The average Bonchev–Trinajstić information content (AvgIpc) is 3.43. The fourth-order valence-corrected chi connectivity index (χ4v) is 5.34. The van der Waals surface area contributed by atoms with Gasteiger partial charge in [0.25, 0.3) is 6.33 Å². The second kappa shape index (κ2) is 8.90. The molecule has 6 rings (SSSR count). The normalized spacial score (nSPS) is 11.7. The zero-order valence-corrected chi connectivity index (χ0v) is 21.4. The maximum Gasteiger partial charge on any atom is 0.255 e. The zero-order valence-electron chi connectivity index (χ0n) is 20.6. The van der Waals surface area contributed by atoms with E-state index in [1.54, 1.807) is 0 Å². The van der Waals surface area contributed by atoms with Gasteiger partial charge in [0.15, 0.2) is 5.52 Å². The molecule has 0 N–H and O–H groups in total. The van der Waals surface area contributed by atoms with Crippen LogP contribution in [0.25, 0.3) is 38.8 Å². The van der Waals surface area contributed by atoms with Crippen LogP contribution in [0, 0.1) is 0 Å². The van der Waals surface area contributed by atoms with Crippen molar-refractivity contribution < 1.29 is 17.0 Å². The van der Waals surface area contributed by atoms with E-state index in [2.05, 4.69) is 139 Å². The van der Waals surface area contributed by atoms with Gasteiger partial charge in [0.2, 0.25) is 5.82 Å². The van der Waals surface area contributed by atoms with E-state index < -0.39 is 0 Å². The number of hydrogen-bond acceptors (Lipinski definition) is 0. The van der Waals surface area contributed by atoms with E-state index in [0.717, 1.165) is 5.82 Å². The number of hydrogen-bond donors (Lipinski definition) is 0. The summed E-state index contributed by atoms with van der Waals surface area (Å²) in [5, 5.41) is 2.56. The van der Waals surface area contributed by atoms with Crippen molar-refractivity contribution >= 4 is 27.3 Å². The van der Waals surface area contributed by atoms with E-state index in [9.17, 15) is 0 Å². The van der Waals surface area contributed by atoms with Gasteiger partial charge in [-0.3, -0.25) is 4.57 Å². The van der Waals surface area contributed by atoms with Crippen LogP contribution in [0.15, 0.2) is 97.5 Å². The van der Waals surface area contributed by atoms with Crippen LogP contribution in [0.2, 0.25) is 0 Å². The number of para-hydroxylation sites is 3. The summed E-state index contributed by atoms with van der Waals surface area (Å²) in [6, 6.07) is 30.7. The highest BCUT2D eigenvalue weighted by atomic mass is 35.5.